The molecule has 0 radical (unpaired) electrons. The number of rotatable bonds is 5. The Kier molecular flexibility index (Phi) is 11.3. The lowest BCUT2D eigenvalue weighted by molar-refractivity contribution is -0.137. The van der Waals surface area contributed by atoms with Gasteiger partial charge in [0.2, 0.25) is 5.91 Å². The first-order valence-electron chi connectivity index (χ1n) is 14.8. The van der Waals surface area contributed by atoms with Gasteiger partial charge in [0.05, 0.1) is 23.7 Å². The Morgan fingerprint density at radius 1 is 1.16 bits per heavy atom. The lowest BCUT2D eigenvalue weighted by atomic mass is 9.74. The van der Waals surface area contributed by atoms with E-state index in [0.29, 0.717) is 24.1 Å². The summed E-state index contributed by atoms with van der Waals surface area (Å²) in [7, 11) is 0. The molecule has 2 unspecified atom stereocenters. The average Bonchev–Trinajstić information content (AvgIpc) is 3.57. The van der Waals surface area contributed by atoms with Crippen molar-refractivity contribution in [1.82, 2.24) is 4.90 Å². The van der Waals surface area contributed by atoms with Crippen LogP contribution in [0.25, 0.3) is 0 Å². The highest BCUT2D eigenvalue weighted by atomic mass is 19.4. The molecule has 0 bridgehead atoms. The van der Waals surface area contributed by atoms with E-state index in [1.807, 2.05) is 24.0 Å². The molecule has 1 amide bonds. The first-order chi connectivity index (χ1) is 20.1. The number of carbonyl (C=O) groups is 1. The van der Waals surface area contributed by atoms with Gasteiger partial charge in [-0.15, -0.1) is 0 Å². The molecule has 2 saturated carbocycles. The standard InChI is InChI=1S/C17H21N.C9H7F4NO.C7H13F2N/c1-12(2)14-6-7-17(10-16(17)9-14)15-5-3-4-13(8-15)11-18;1-5(15)14-8-3-6(9(11,12)13)2-7(10)4-8;1-2-4-10-5-3-7(8,9)6-10/h3-5,8,12,14,16H,6-7,9-10H2,1-2H3;2-4H,1H3,(H,14,15);2-6H2,1H3/t14?,16?,17-;;/m1../s1. The molecular formula is C33H41F6N3O. The smallest absolute Gasteiger partial charge is 0.326 e. The molecule has 3 fully saturated rings. The number of nitrogens with one attached hydrogen (secondary N) is 1. The van der Waals surface area contributed by atoms with Crippen molar-refractivity contribution >= 4 is 11.6 Å². The van der Waals surface area contributed by atoms with Gasteiger partial charge < -0.3 is 5.32 Å². The van der Waals surface area contributed by atoms with Crippen molar-refractivity contribution in [2.45, 2.75) is 83.7 Å². The Bertz CT molecular complexity index is 1290. The van der Waals surface area contributed by atoms with Crippen molar-refractivity contribution in [3.8, 4) is 6.07 Å². The number of halogens is 6. The molecule has 2 aromatic carbocycles. The predicted molar refractivity (Wildman–Crippen MR) is 155 cm³/mol. The lowest BCUT2D eigenvalue weighted by Crippen LogP contribution is -2.25. The van der Waals surface area contributed by atoms with Gasteiger partial charge in [-0.3, -0.25) is 9.69 Å². The number of nitrogens with zero attached hydrogens (tertiary/aromatic N) is 2. The number of nitriles is 1. The molecular weight excluding hydrogens is 568 g/mol. The van der Waals surface area contributed by atoms with E-state index in [9.17, 15) is 31.1 Å². The number of alkyl halides is 5. The predicted octanol–water partition coefficient (Wildman–Crippen LogP) is 8.81. The minimum Gasteiger partial charge on any atom is -0.326 e. The number of benzene rings is 2. The van der Waals surface area contributed by atoms with Crippen molar-refractivity contribution in [2.75, 3.05) is 25.0 Å². The van der Waals surface area contributed by atoms with Gasteiger partial charge in [-0.25, -0.2) is 13.2 Å². The van der Waals surface area contributed by atoms with E-state index in [1.165, 1.54) is 31.2 Å². The van der Waals surface area contributed by atoms with Crippen LogP contribution in [0.1, 0.15) is 82.9 Å². The number of likely N-dealkylation sites (tertiary alicyclic amines) is 1. The maximum absolute atomic E-state index is 12.8. The highest BCUT2D eigenvalue weighted by Crippen LogP contribution is 2.64. The van der Waals surface area contributed by atoms with Gasteiger partial charge in [-0.2, -0.15) is 18.4 Å². The van der Waals surface area contributed by atoms with Crippen LogP contribution in [0.5, 0.6) is 0 Å². The van der Waals surface area contributed by atoms with Gasteiger partial charge in [0.15, 0.2) is 0 Å². The highest BCUT2D eigenvalue weighted by molar-refractivity contribution is 5.88. The summed E-state index contributed by atoms with van der Waals surface area (Å²) in [6.45, 7) is 9.21. The van der Waals surface area contributed by atoms with Crippen LogP contribution in [0.4, 0.5) is 32.0 Å². The second-order valence-electron chi connectivity index (χ2n) is 12.3. The molecule has 3 atom stereocenters. The zero-order chi connectivity index (χ0) is 32.0. The Balaban J connectivity index is 0.000000184. The van der Waals surface area contributed by atoms with Crippen LogP contribution in [-0.4, -0.2) is 36.4 Å². The van der Waals surface area contributed by atoms with Crippen LogP contribution in [0, 0.1) is 34.9 Å². The number of anilines is 1. The van der Waals surface area contributed by atoms with Crippen LogP contribution in [0.3, 0.4) is 0 Å². The molecule has 1 aliphatic heterocycles. The number of carbonyl (C=O) groups excluding carboxylic acids is 1. The molecule has 1 N–H and O–H groups in total. The molecule has 0 spiro atoms. The number of amides is 1. The average molecular weight is 610 g/mol. The lowest BCUT2D eigenvalue weighted by Gasteiger charge is -2.31. The minimum atomic E-state index is -4.63. The summed E-state index contributed by atoms with van der Waals surface area (Å²) in [5.41, 5.74) is 1.34. The molecule has 1 saturated heterocycles. The van der Waals surface area contributed by atoms with Gasteiger partial charge in [-0.1, -0.05) is 32.9 Å². The van der Waals surface area contributed by atoms with Gasteiger partial charge in [0, 0.05) is 25.6 Å². The summed E-state index contributed by atoms with van der Waals surface area (Å²) >= 11 is 0. The van der Waals surface area contributed by atoms with Crippen molar-refractivity contribution in [3.63, 3.8) is 0 Å². The van der Waals surface area contributed by atoms with E-state index < -0.39 is 29.4 Å². The largest absolute Gasteiger partial charge is 0.416 e. The molecule has 2 aromatic rings. The Morgan fingerprint density at radius 3 is 2.42 bits per heavy atom. The third kappa shape index (κ3) is 9.72. The molecule has 4 nitrogen and oxygen atoms in total. The Morgan fingerprint density at radius 2 is 1.88 bits per heavy atom. The van der Waals surface area contributed by atoms with E-state index >= 15 is 0 Å². The van der Waals surface area contributed by atoms with Crippen LogP contribution < -0.4 is 5.32 Å². The van der Waals surface area contributed by atoms with E-state index in [4.69, 9.17) is 5.26 Å². The van der Waals surface area contributed by atoms with Crippen LogP contribution in [-0.2, 0) is 16.4 Å². The first-order valence-corrected chi connectivity index (χ1v) is 14.8. The van der Waals surface area contributed by atoms with Crippen LogP contribution >= 0.6 is 0 Å². The van der Waals surface area contributed by atoms with Gasteiger partial charge in [-0.05, 0) is 97.7 Å². The van der Waals surface area contributed by atoms with Crippen molar-refractivity contribution in [3.05, 3.63) is 65.0 Å². The van der Waals surface area contributed by atoms with Crippen molar-refractivity contribution < 1.29 is 31.1 Å². The zero-order valence-electron chi connectivity index (χ0n) is 25.2. The maximum Gasteiger partial charge on any atom is 0.416 e. The third-order valence-electron chi connectivity index (χ3n) is 8.62. The topological polar surface area (TPSA) is 56.1 Å². The quantitative estimate of drug-likeness (QED) is 0.345. The monoisotopic (exact) mass is 609 g/mol. The fraction of sp³-hybridized carbons (Fsp3) is 0.576. The summed E-state index contributed by atoms with van der Waals surface area (Å²) < 4.78 is 74.3. The third-order valence-corrected chi connectivity index (χ3v) is 8.62. The second-order valence-corrected chi connectivity index (χ2v) is 12.3. The zero-order valence-corrected chi connectivity index (χ0v) is 25.2. The molecule has 5 rings (SSSR count). The van der Waals surface area contributed by atoms with Crippen LogP contribution in [0.15, 0.2) is 42.5 Å². The Labute approximate surface area is 250 Å². The van der Waals surface area contributed by atoms with E-state index in [1.54, 1.807) is 0 Å². The summed E-state index contributed by atoms with van der Waals surface area (Å²) in [5, 5.41) is 11.1. The Hall–Kier alpha value is -3.06. The maximum atomic E-state index is 12.8. The summed E-state index contributed by atoms with van der Waals surface area (Å²) in [5.74, 6) is -1.39. The molecule has 3 aliphatic rings. The molecule has 10 heteroatoms. The van der Waals surface area contributed by atoms with Gasteiger partial charge in [0.25, 0.3) is 5.92 Å². The van der Waals surface area contributed by atoms with Gasteiger partial charge in [0.1, 0.15) is 5.82 Å². The van der Waals surface area contributed by atoms with E-state index in [2.05, 4.69) is 37.4 Å². The first kappa shape index (κ1) is 34.4. The normalized spacial score (nSPS) is 24.0. The van der Waals surface area contributed by atoms with Crippen LogP contribution in [0.2, 0.25) is 0 Å². The number of hydrogen-bond acceptors (Lipinski definition) is 3. The van der Waals surface area contributed by atoms with Gasteiger partial charge >= 0.3 is 6.18 Å². The highest BCUT2D eigenvalue weighted by Gasteiger charge is 2.57. The molecule has 2 aliphatic carbocycles. The molecule has 1 heterocycles. The number of fused-ring (bicyclic) bond motifs is 1. The molecule has 236 valence electrons. The fourth-order valence-electron chi connectivity index (χ4n) is 6.27. The summed E-state index contributed by atoms with van der Waals surface area (Å²) in [6, 6.07) is 12.4. The summed E-state index contributed by atoms with van der Waals surface area (Å²) in [4.78, 5) is 12.4. The fourth-order valence-corrected chi connectivity index (χ4v) is 6.27. The molecule has 0 aromatic heterocycles. The molecule has 43 heavy (non-hydrogen) atoms. The second kappa shape index (κ2) is 14.1. The van der Waals surface area contributed by atoms with E-state index in [0.717, 1.165) is 49.3 Å². The summed E-state index contributed by atoms with van der Waals surface area (Å²) in [6.07, 6.45) is 1.83. The van der Waals surface area contributed by atoms with E-state index in [-0.39, 0.29) is 18.7 Å². The number of hydrogen-bond donors (Lipinski definition) is 1. The van der Waals surface area contributed by atoms with Crippen molar-refractivity contribution in [2.24, 2.45) is 17.8 Å². The SMILES string of the molecule is CC(=O)Nc1cc(F)cc(C(F)(F)F)c1.CC(C)C1CC[C@]2(c3cccc(C#N)c3)CC2C1.CCCN1CCC(F)(F)C1. The van der Waals surface area contributed by atoms with Crippen molar-refractivity contribution in [1.29, 1.82) is 5.26 Å². The minimum absolute atomic E-state index is 0.0269.